The molecule has 1 atom stereocenters. The highest BCUT2D eigenvalue weighted by Crippen LogP contribution is 2.32. The van der Waals surface area contributed by atoms with E-state index in [1.807, 2.05) is 0 Å². The van der Waals surface area contributed by atoms with E-state index in [1.54, 1.807) is 0 Å². The molecule has 9 heteroatoms. The van der Waals surface area contributed by atoms with Crippen molar-refractivity contribution in [3.8, 4) is 0 Å². The van der Waals surface area contributed by atoms with Crippen molar-refractivity contribution in [1.29, 1.82) is 0 Å². The fourth-order valence-corrected chi connectivity index (χ4v) is 4.08. The molecule has 0 aliphatic carbocycles. The van der Waals surface area contributed by atoms with Crippen molar-refractivity contribution in [1.82, 2.24) is 4.72 Å². The molecule has 0 aliphatic heterocycles. The second-order valence-electron chi connectivity index (χ2n) is 3.99. The Bertz CT molecular complexity index is 542. The predicted molar refractivity (Wildman–Crippen MR) is 79.2 cm³/mol. The van der Waals surface area contributed by atoms with Crippen LogP contribution in [0.2, 0.25) is 15.1 Å². The van der Waals surface area contributed by atoms with Crippen LogP contribution in [0.5, 0.6) is 0 Å². The highest BCUT2D eigenvalue weighted by molar-refractivity contribution is 7.89. The van der Waals surface area contributed by atoms with E-state index in [9.17, 15) is 13.5 Å². The number of ether oxygens (including phenoxy) is 1. The first-order valence-corrected chi connectivity index (χ1v) is 8.21. The summed E-state index contributed by atoms with van der Waals surface area (Å²) in [5.41, 5.74) is 0. The first kappa shape index (κ1) is 18.0. The molecular formula is C11H14Cl3NO4S. The summed E-state index contributed by atoms with van der Waals surface area (Å²) < 4.78 is 31.2. The lowest BCUT2D eigenvalue weighted by Gasteiger charge is -2.12. The average molecular weight is 363 g/mol. The van der Waals surface area contributed by atoms with E-state index in [0.29, 0.717) is 0 Å². The van der Waals surface area contributed by atoms with Gasteiger partial charge in [0.25, 0.3) is 0 Å². The number of benzene rings is 1. The number of aliphatic hydroxyl groups excluding tert-OH is 1. The van der Waals surface area contributed by atoms with Gasteiger partial charge in [0, 0.05) is 18.7 Å². The largest absolute Gasteiger partial charge is 0.391 e. The lowest BCUT2D eigenvalue weighted by molar-refractivity contribution is 0.0603. The molecule has 1 aromatic rings. The summed E-state index contributed by atoms with van der Waals surface area (Å²) in [6.45, 7) is 0.159. The van der Waals surface area contributed by atoms with Crippen LogP contribution >= 0.6 is 34.8 Å². The summed E-state index contributed by atoms with van der Waals surface area (Å²) in [5, 5.41) is 9.55. The van der Waals surface area contributed by atoms with Crippen molar-refractivity contribution in [2.75, 3.05) is 20.3 Å². The Balaban J connectivity index is 2.80. The molecule has 0 heterocycles. The standard InChI is InChI=1S/C11H14Cl3NO4S/c1-19-6-8(16)2-3-15-20(17,18)11-9(13)4-7(12)5-10(11)14/h4-5,8,15-16H,2-3,6H2,1H3. The molecule has 2 N–H and O–H groups in total. The topological polar surface area (TPSA) is 75.6 Å². The monoisotopic (exact) mass is 361 g/mol. The third-order valence-corrected chi connectivity index (χ3v) is 4.96. The minimum Gasteiger partial charge on any atom is -0.391 e. The van der Waals surface area contributed by atoms with E-state index in [-0.39, 0.29) is 39.5 Å². The molecule has 0 saturated carbocycles. The second-order valence-corrected chi connectivity index (χ2v) is 6.95. The zero-order valence-electron chi connectivity index (χ0n) is 10.6. The molecule has 0 spiro atoms. The van der Waals surface area contributed by atoms with Gasteiger partial charge in [0.2, 0.25) is 10.0 Å². The Morgan fingerprint density at radius 2 is 1.85 bits per heavy atom. The quantitative estimate of drug-likeness (QED) is 0.780. The molecule has 0 aromatic heterocycles. The van der Waals surface area contributed by atoms with Gasteiger partial charge < -0.3 is 9.84 Å². The van der Waals surface area contributed by atoms with Crippen LogP contribution in [0.25, 0.3) is 0 Å². The third-order valence-electron chi connectivity index (χ3n) is 2.36. The first-order valence-electron chi connectivity index (χ1n) is 5.59. The van der Waals surface area contributed by atoms with Crippen LogP contribution in [0.3, 0.4) is 0 Å². The van der Waals surface area contributed by atoms with E-state index in [2.05, 4.69) is 4.72 Å². The predicted octanol–water partition coefficient (Wildman–Crippen LogP) is 2.32. The highest BCUT2D eigenvalue weighted by Gasteiger charge is 2.22. The van der Waals surface area contributed by atoms with E-state index < -0.39 is 16.1 Å². The van der Waals surface area contributed by atoms with Crippen LogP contribution in [-0.2, 0) is 14.8 Å². The molecule has 1 aromatic carbocycles. The number of sulfonamides is 1. The Labute approximate surface area is 132 Å². The van der Waals surface area contributed by atoms with Gasteiger partial charge in [0.15, 0.2) is 0 Å². The van der Waals surface area contributed by atoms with E-state index >= 15 is 0 Å². The minimum absolute atomic E-state index is 0.0299. The van der Waals surface area contributed by atoms with Gasteiger partial charge in [0.1, 0.15) is 4.90 Å². The summed E-state index contributed by atoms with van der Waals surface area (Å²) in [4.78, 5) is -0.230. The molecule has 1 unspecified atom stereocenters. The van der Waals surface area contributed by atoms with Crippen molar-refractivity contribution in [3.63, 3.8) is 0 Å². The van der Waals surface area contributed by atoms with Crippen molar-refractivity contribution in [3.05, 3.63) is 27.2 Å². The summed E-state index contributed by atoms with van der Waals surface area (Å²) >= 11 is 17.4. The maximum absolute atomic E-state index is 12.1. The average Bonchev–Trinajstić information content (AvgIpc) is 2.26. The summed E-state index contributed by atoms with van der Waals surface area (Å²) in [7, 11) is -2.43. The summed E-state index contributed by atoms with van der Waals surface area (Å²) in [6, 6.07) is 2.59. The highest BCUT2D eigenvalue weighted by atomic mass is 35.5. The van der Waals surface area contributed by atoms with Crippen LogP contribution < -0.4 is 4.72 Å². The van der Waals surface area contributed by atoms with Crippen molar-refractivity contribution in [2.24, 2.45) is 0 Å². The van der Waals surface area contributed by atoms with Crippen LogP contribution in [0, 0.1) is 0 Å². The number of methoxy groups -OCH3 is 1. The van der Waals surface area contributed by atoms with Gasteiger partial charge in [-0.1, -0.05) is 34.8 Å². The molecule has 0 bridgehead atoms. The number of hydrogen-bond acceptors (Lipinski definition) is 4. The molecule has 20 heavy (non-hydrogen) atoms. The number of nitrogens with one attached hydrogen (secondary N) is 1. The fourth-order valence-electron chi connectivity index (χ4n) is 1.49. The van der Waals surface area contributed by atoms with Crippen LogP contribution in [0.1, 0.15) is 6.42 Å². The van der Waals surface area contributed by atoms with Gasteiger partial charge in [-0.3, -0.25) is 0 Å². The fraction of sp³-hybridized carbons (Fsp3) is 0.455. The van der Waals surface area contributed by atoms with Gasteiger partial charge in [-0.2, -0.15) is 0 Å². The number of rotatable bonds is 7. The Kier molecular flexibility index (Phi) is 7.00. The van der Waals surface area contributed by atoms with Gasteiger partial charge in [0.05, 0.1) is 22.8 Å². The third kappa shape index (κ3) is 5.04. The Hall–Kier alpha value is -0.0800. The van der Waals surface area contributed by atoms with Gasteiger partial charge >= 0.3 is 0 Å². The second kappa shape index (κ2) is 7.79. The molecule has 0 radical (unpaired) electrons. The molecule has 1 rings (SSSR count). The van der Waals surface area contributed by atoms with Gasteiger partial charge in [-0.05, 0) is 18.6 Å². The van der Waals surface area contributed by atoms with E-state index in [1.165, 1.54) is 19.2 Å². The number of halogens is 3. The van der Waals surface area contributed by atoms with Crippen molar-refractivity contribution in [2.45, 2.75) is 17.4 Å². The van der Waals surface area contributed by atoms with Crippen LogP contribution in [0.15, 0.2) is 17.0 Å². The molecule has 0 fully saturated rings. The summed E-state index contributed by atoms with van der Waals surface area (Å²) in [5.74, 6) is 0. The maximum Gasteiger partial charge on any atom is 0.243 e. The van der Waals surface area contributed by atoms with Crippen molar-refractivity contribution < 1.29 is 18.3 Å². The SMILES string of the molecule is COCC(O)CCNS(=O)(=O)c1c(Cl)cc(Cl)cc1Cl. The lowest BCUT2D eigenvalue weighted by Crippen LogP contribution is -2.29. The molecule has 5 nitrogen and oxygen atoms in total. The van der Waals surface area contributed by atoms with E-state index in [4.69, 9.17) is 39.5 Å². The van der Waals surface area contributed by atoms with Crippen LogP contribution in [0.4, 0.5) is 0 Å². The Morgan fingerprint density at radius 1 is 1.30 bits per heavy atom. The van der Waals surface area contributed by atoms with Crippen LogP contribution in [-0.4, -0.2) is 39.9 Å². The molecule has 114 valence electrons. The van der Waals surface area contributed by atoms with Gasteiger partial charge in [-0.25, -0.2) is 13.1 Å². The van der Waals surface area contributed by atoms with Crippen molar-refractivity contribution >= 4 is 44.8 Å². The smallest absolute Gasteiger partial charge is 0.243 e. The normalized spacial score (nSPS) is 13.4. The molecule has 0 amide bonds. The minimum atomic E-state index is -3.87. The van der Waals surface area contributed by atoms with E-state index in [0.717, 1.165) is 0 Å². The van der Waals surface area contributed by atoms with Gasteiger partial charge in [-0.15, -0.1) is 0 Å². The number of aliphatic hydroxyl groups is 1. The molecule has 0 aliphatic rings. The zero-order chi connectivity index (χ0) is 15.3. The summed E-state index contributed by atoms with van der Waals surface area (Å²) in [6.07, 6.45) is -0.547. The Morgan fingerprint density at radius 3 is 2.35 bits per heavy atom. The lowest BCUT2D eigenvalue weighted by atomic mass is 10.3. The molecule has 0 saturated heterocycles. The first-order chi connectivity index (χ1) is 9.27. The number of hydrogen-bond donors (Lipinski definition) is 2. The maximum atomic E-state index is 12.1. The molecular weight excluding hydrogens is 349 g/mol. The zero-order valence-corrected chi connectivity index (χ0v) is 13.7.